The van der Waals surface area contributed by atoms with Gasteiger partial charge in [-0.05, 0) is 30.0 Å². The molecule has 0 radical (unpaired) electrons. The Balaban J connectivity index is 2.14. The van der Waals surface area contributed by atoms with Crippen molar-refractivity contribution in [2.45, 2.75) is 18.5 Å². The Hall–Kier alpha value is -0.300. The van der Waals surface area contributed by atoms with E-state index in [1.165, 1.54) is 12.1 Å². The minimum absolute atomic E-state index is 0.374. The molecule has 1 aromatic rings. The SMILES string of the molecule is FC(F)(F)c1ccc(C2CCN(I)C2)cc1. The van der Waals surface area contributed by atoms with Crippen LogP contribution in [0.25, 0.3) is 0 Å². The van der Waals surface area contributed by atoms with Gasteiger partial charge in [-0.25, -0.2) is 3.11 Å². The lowest BCUT2D eigenvalue weighted by atomic mass is 9.97. The Labute approximate surface area is 106 Å². The van der Waals surface area contributed by atoms with Gasteiger partial charge in [0.05, 0.1) is 5.56 Å². The van der Waals surface area contributed by atoms with Crippen LogP contribution >= 0.6 is 22.9 Å². The molecule has 2 rings (SSSR count). The molecule has 16 heavy (non-hydrogen) atoms. The van der Waals surface area contributed by atoms with Crippen molar-refractivity contribution in [3.63, 3.8) is 0 Å². The van der Waals surface area contributed by atoms with E-state index in [1.807, 2.05) is 0 Å². The van der Waals surface area contributed by atoms with E-state index >= 15 is 0 Å². The van der Waals surface area contributed by atoms with Crippen LogP contribution in [0.4, 0.5) is 13.2 Å². The number of hydrogen-bond acceptors (Lipinski definition) is 1. The van der Waals surface area contributed by atoms with Crippen molar-refractivity contribution >= 4 is 22.9 Å². The molecule has 1 unspecified atom stereocenters. The monoisotopic (exact) mass is 341 g/mol. The molecule has 1 nitrogen and oxygen atoms in total. The lowest BCUT2D eigenvalue weighted by Gasteiger charge is -2.12. The summed E-state index contributed by atoms with van der Waals surface area (Å²) in [5, 5.41) is 0. The Morgan fingerprint density at radius 2 is 1.81 bits per heavy atom. The quantitative estimate of drug-likeness (QED) is 0.554. The number of halogens is 4. The molecule has 0 saturated carbocycles. The summed E-state index contributed by atoms with van der Waals surface area (Å²) in [6.45, 7) is 1.93. The van der Waals surface area contributed by atoms with E-state index in [-0.39, 0.29) is 0 Å². The van der Waals surface area contributed by atoms with Gasteiger partial charge in [-0.3, -0.25) is 0 Å². The molecule has 1 heterocycles. The third kappa shape index (κ3) is 2.68. The number of nitrogens with zero attached hydrogens (tertiary/aromatic N) is 1. The van der Waals surface area contributed by atoms with Crippen molar-refractivity contribution in [2.24, 2.45) is 0 Å². The highest BCUT2D eigenvalue weighted by molar-refractivity contribution is 14.1. The van der Waals surface area contributed by atoms with Crippen LogP contribution in [-0.4, -0.2) is 16.2 Å². The molecule has 0 N–H and O–H groups in total. The lowest BCUT2D eigenvalue weighted by molar-refractivity contribution is -0.137. The first-order chi connectivity index (χ1) is 7.47. The van der Waals surface area contributed by atoms with Crippen LogP contribution in [0.2, 0.25) is 0 Å². The van der Waals surface area contributed by atoms with Crippen molar-refractivity contribution in [2.75, 3.05) is 13.1 Å². The summed E-state index contributed by atoms with van der Waals surface area (Å²) in [5.74, 6) is 0.374. The van der Waals surface area contributed by atoms with Crippen molar-refractivity contribution in [1.82, 2.24) is 3.11 Å². The highest BCUT2D eigenvalue weighted by Gasteiger charge is 2.30. The highest BCUT2D eigenvalue weighted by Crippen LogP contribution is 2.33. The molecule has 0 amide bonds. The summed E-state index contributed by atoms with van der Waals surface area (Å²) in [6, 6.07) is 5.54. The molecular weight excluding hydrogens is 330 g/mol. The van der Waals surface area contributed by atoms with Gasteiger partial charge in [0.1, 0.15) is 0 Å². The van der Waals surface area contributed by atoms with Gasteiger partial charge in [-0.15, -0.1) is 0 Å². The zero-order valence-electron chi connectivity index (χ0n) is 8.47. The van der Waals surface area contributed by atoms with Crippen LogP contribution in [0.1, 0.15) is 23.5 Å². The first-order valence-electron chi connectivity index (χ1n) is 5.04. The first kappa shape index (κ1) is 12.2. The fourth-order valence-electron chi connectivity index (χ4n) is 1.93. The molecule has 1 atom stereocenters. The van der Waals surface area contributed by atoms with E-state index in [0.29, 0.717) is 5.92 Å². The fourth-order valence-corrected chi connectivity index (χ4v) is 2.69. The molecule has 1 fully saturated rings. The average molecular weight is 341 g/mol. The maximum Gasteiger partial charge on any atom is 0.416 e. The number of alkyl halides is 3. The largest absolute Gasteiger partial charge is 0.416 e. The second-order valence-electron chi connectivity index (χ2n) is 3.97. The van der Waals surface area contributed by atoms with E-state index < -0.39 is 11.7 Å². The Bertz CT molecular complexity index is 360. The normalized spacial score (nSPS) is 22.6. The summed E-state index contributed by atoms with van der Waals surface area (Å²) in [7, 11) is 0. The van der Waals surface area contributed by atoms with Gasteiger partial charge < -0.3 is 0 Å². The zero-order valence-corrected chi connectivity index (χ0v) is 10.6. The number of hydrogen-bond donors (Lipinski definition) is 0. The van der Waals surface area contributed by atoms with E-state index in [0.717, 1.165) is 25.1 Å². The molecule has 1 aromatic carbocycles. The zero-order chi connectivity index (χ0) is 11.8. The Morgan fingerprint density at radius 3 is 2.25 bits per heavy atom. The van der Waals surface area contributed by atoms with Gasteiger partial charge in [0, 0.05) is 36.0 Å². The minimum Gasteiger partial charge on any atom is -0.247 e. The average Bonchev–Trinajstić information content (AvgIpc) is 2.64. The molecule has 1 saturated heterocycles. The smallest absolute Gasteiger partial charge is 0.247 e. The lowest BCUT2D eigenvalue weighted by Crippen LogP contribution is -2.07. The molecule has 0 aliphatic carbocycles. The second kappa shape index (κ2) is 4.52. The molecule has 88 valence electrons. The number of rotatable bonds is 1. The number of benzene rings is 1. The summed E-state index contributed by atoms with van der Waals surface area (Å²) < 4.78 is 39.2. The van der Waals surface area contributed by atoms with Gasteiger partial charge in [0.25, 0.3) is 0 Å². The van der Waals surface area contributed by atoms with Crippen LogP contribution in [0, 0.1) is 0 Å². The maximum atomic E-state index is 12.3. The Kier molecular flexibility index (Phi) is 3.44. The Morgan fingerprint density at radius 1 is 1.19 bits per heavy atom. The van der Waals surface area contributed by atoms with Gasteiger partial charge in [0.15, 0.2) is 0 Å². The standard InChI is InChI=1S/C11H11F3IN/c12-11(13,14)10-3-1-8(2-4-10)9-5-6-16(15)7-9/h1-4,9H,5-7H2. The molecule has 0 bridgehead atoms. The van der Waals surface area contributed by atoms with Crippen LogP contribution in [0.5, 0.6) is 0 Å². The summed E-state index contributed by atoms with van der Waals surface area (Å²) in [6.07, 6.45) is -3.21. The van der Waals surface area contributed by atoms with Crippen molar-refractivity contribution < 1.29 is 13.2 Å². The minimum atomic E-state index is -4.23. The first-order valence-corrected chi connectivity index (χ1v) is 6.01. The summed E-state index contributed by atoms with van der Waals surface area (Å²) in [5.41, 5.74) is 0.438. The molecule has 5 heteroatoms. The van der Waals surface area contributed by atoms with E-state index in [9.17, 15) is 13.2 Å². The van der Waals surface area contributed by atoms with Crippen LogP contribution < -0.4 is 0 Å². The van der Waals surface area contributed by atoms with E-state index in [2.05, 4.69) is 26.0 Å². The summed E-state index contributed by atoms with van der Waals surface area (Å²) in [4.78, 5) is 0. The topological polar surface area (TPSA) is 3.24 Å². The molecule has 1 aliphatic rings. The fraction of sp³-hybridized carbons (Fsp3) is 0.455. The van der Waals surface area contributed by atoms with E-state index in [1.54, 1.807) is 12.1 Å². The highest BCUT2D eigenvalue weighted by atomic mass is 127. The maximum absolute atomic E-state index is 12.3. The predicted molar refractivity (Wildman–Crippen MR) is 64.4 cm³/mol. The van der Waals surface area contributed by atoms with Crippen molar-refractivity contribution in [3.05, 3.63) is 35.4 Å². The molecule has 1 aliphatic heterocycles. The third-order valence-electron chi connectivity index (χ3n) is 2.85. The predicted octanol–water partition coefficient (Wildman–Crippen LogP) is 3.84. The molecule has 0 aromatic heterocycles. The molecule has 0 spiro atoms. The van der Waals surface area contributed by atoms with Crippen molar-refractivity contribution in [1.29, 1.82) is 0 Å². The van der Waals surface area contributed by atoms with Crippen molar-refractivity contribution in [3.8, 4) is 0 Å². The van der Waals surface area contributed by atoms with Gasteiger partial charge in [-0.1, -0.05) is 12.1 Å². The summed E-state index contributed by atoms with van der Waals surface area (Å²) >= 11 is 2.25. The van der Waals surface area contributed by atoms with Gasteiger partial charge in [0.2, 0.25) is 0 Å². The van der Waals surface area contributed by atoms with E-state index in [4.69, 9.17) is 0 Å². The third-order valence-corrected chi connectivity index (χ3v) is 3.72. The molecular formula is C11H11F3IN. The van der Waals surface area contributed by atoms with Crippen LogP contribution in [0.15, 0.2) is 24.3 Å². The van der Waals surface area contributed by atoms with Gasteiger partial charge >= 0.3 is 6.18 Å². The van der Waals surface area contributed by atoms with Crippen LogP contribution in [-0.2, 0) is 6.18 Å². The van der Waals surface area contributed by atoms with Crippen LogP contribution in [0.3, 0.4) is 0 Å². The van der Waals surface area contributed by atoms with Gasteiger partial charge in [-0.2, -0.15) is 13.2 Å². The second-order valence-corrected chi connectivity index (χ2v) is 5.34.